The van der Waals surface area contributed by atoms with Crippen molar-refractivity contribution in [2.75, 3.05) is 14.1 Å². The Balaban J connectivity index is 2.37. The minimum atomic E-state index is -0.505. The first-order chi connectivity index (χ1) is 8.49. The molecule has 1 aliphatic rings. The van der Waals surface area contributed by atoms with Gasteiger partial charge in [0.15, 0.2) is 0 Å². The number of aromatic nitrogens is 2. The fourth-order valence-electron chi connectivity index (χ4n) is 3.11. The van der Waals surface area contributed by atoms with E-state index in [1.54, 1.807) is 10.9 Å². The molecule has 0 radical (unpaired) electrons. The van der Waals surface area contributed by atoms with E-state index in [2.05, 4.69) is 40.0 Å². The molecule has 1 aliphatic carbocycles. The summed E-state index contributed by atoms with van der Waals surface area (Å²) in [7, 11) is 6.02. The molecule has 1 aromatic rings. The molecule has 4 nitrogen and oxygen atoms in total. The Hall–Kier alpha value is -0.390. The summed E-state index contributed by atoms with van der Waals surface area (Å²) >= 11 is 3.50. The number of rotatable bonds is 3. The van der Waals surface area contributed by atoms with Crippen LogP contribution in [0.5, 0.6) is 0 Å². The lowest BCUT2D eigenvalue weighted by atomic mass is 9.75. The molecule has 1 N–H and O–H groups in total. The molecule has 0 saturated heterocycles. The lowest BCUT2D eigenvalue weighted by Gasteiger charge is -2.46. The molecule has 0 aromatic carbocycles. The van der Waals surface area contributed by atoms with Gasteiger partial charge in [-0.15, -0.1) is 0 Å². The monoisotopic (exact) mass is 315 g/mol. The van der Waals surface area contributed by atoms with Crippen LogP contribution in [0, 0.1) is 0 Å². The van der Waals surface area contributed by atoms with Gasteiger partial charge < -0.3 is 10.0 Å². The van der Waals surface area contributed by atoms with Crippen LogP contribution in [0.25, 0.3) is 0 Å². The number of likely N-dealkylation sites (N-methyl/N-ethyl adjacent to an activating group) is 1. The van der Waals surface area contributed by atoms with Gasteiger partial charge in [-0.2, -0.15) is 5.10 Å². The number of halogens is 1. The van der Waals surface area contributed by atoms with E-state index in [-0.39, 0.29) is 5.54 Å². The molecular formula is C13H22BrN3O. The maximum absolute atomic E-state index is 10.9. The number of aryl methyl sites for hydroxylation is 1. The summed E-state index contributed by atoms with van der Waals surface area (Å²) in [5.41, 5.74) is 0.722. The van der Waals surface area contributed by atoms with Crippen LogP contribution in [0.1, 0.15) is 43.9 Å². The SMILES string of the molecule is CN(C)C1(C(O)c2c(Br)cnn2C)CCCCC1. The van der Waals surface area contributed by atoms with Crippen molar-refractivity contribution in [1.82, 2.24) is 14.7 Å². The molecule has 0 spiro atoms. The second kappa shape index (κ2) is 5.31. The molecule has 0 amide bonds. The molecule has 1 aromatic heterocycles. The zero-order valence-corrected chi connectivity index (χ0v) is 12.9. The summed E-state index contributed by atoms with van der Waals surface area (Å²) < 4.78 is 2.67. The highest BCUT2D eigenvalue weighted by Gasteiger charge is 2.43. The van der Waals surface area contributed by atoms with E-state index >= 15 is 0 Å². The summed E-state index contributed by atoms with van der Waals surface area (Å²) in [5.74, 6) is 0. The molecule has 1 atom stereocenters. The maximum Gasteiger partial charge on any atom is 0.115 e. The second-order valence-electron chi connectivity index (χ2n) is 5.46. The van der Waals surface area contributed by atoms with E-state index in [1.807, 2.05) is 7.05 Å². The van der Waals surface area contributed by atoms with Gasteiger partial charge in [-0.25, -0.2) is 0 Å². The van der Waals surface area contributed by atoms with Gasteiger partial charge in [0.25, 0.3) is 0 Å². The average molecular weight is 316 g/mol. The predicted molar refractivity (Wildman–Crippen MR) is 75.4 cm³/mol. The first-order valence-electron chi connectivity index (χ1n) is 6.52. The van der Waals surface area contributed by atoms with Crippen molar-refractivity contribution in [2.24, 2.45) is 7.05 Å². The van der Waals surface area contributed by atoms with Crippen LogP contribution < -0.4 is 0 Å². The minimum Gasteiger partial charge on any atom is -0.385 e. The molecule has 5 heteroatoms. The average Bonchev–Trinajstić information content (AvgIpc) is 2.69. The Kier molecular flexibility index (Phi) is 4.14. The topological polar surface area (TPSA) is 41.3 Å². The van der Waals surface area contributed by atoms with Gasteiger partial charge in [0.05, 0.1) is 21.9 Å². The molecule has 1 saturated carbocycles. The van der Waals surface area contributed by atoms with Crippen LogP contribution in [-0.4, -0.2) is 39.4 Å². The predicted octanol–water partition coefficient (Wildman–Crippen LogP) is 2.48. The third-order valence-electron chi connectivity index (χ3n) is 4.32. The Morgan fingerprint density at radius 2 is 2.00 bits per heavy atom. The Morgan fingerprint density at radius 1 is 1.39 bits per heavy atom. The van der Waals surface area contributed by atoms with E-state index < -0.39 is 6.10 Å². The van der Waals surface area contributed by atoms with Crippen LogP contribution in [-0.2, 0) is 7.05 Å². The van der Waals surface area contributed by atoms with E-state index in [0.29, 0.717) is 0 Å². The highest BCUT2D eigenvalue weighted by Crippen LogP contribution is 2.43. The van der Waals surface area contributed by atoms with Crippen molar-refractivity contribution in [3.05, 3.63) is 16.4 Å². The second-order valence-corrected chi connectivity index (χ2v) is 6.32. The quantitative estimate of drug-likeness (QED) is 0.931. The van der Waals surface area contributed by atoms with E-state index in [4.69, 9.17) is 0 Å². The van der Waals surface area contributed by atoms with Crippen molar-refractivity contribution in [3.63, 3.8) is 0 Å². The van der Waals surface area contributed by atoms with Crippen molar-refractivity contribution in [3.8, 4) is 0 Å². The molecule has 1 fully saturated rings. The molecule has 1 heterocycles. The lowest BCUT2D eigenvalue weighted by Crippen LogP contribution is -2.51. The molecule has 102 valence electrons. The summed E-state index contributed by atoms with van der Waals surface area (Å²) in [4.78, 5) is 2.19. The Morgan fingerprint density at radius 3 is 2.44 bits per heavy atom. The van der Waals surface area contributed by atoms with E-state index in [1.165, 1.54) is 19.3 Å². The van der Waals surface area contributed by atoms with Gasteiger partial charge in [0.2, 0.25) is 0 Å². The van der Waals surface area contributed by atoms with Gasteiger partial charge >= 0.3 is 0 Å². The number of hydrogen-bond acceptors (Lipinski definition) is 3. The van der Waals surface area contributed by atoms with Crippen LogP contribution in [0.2, 0.25) is 0 Å². The largest absolute Gasteiger partial charge is 0.385 e. The smallest absolute Gasteiger partial charge is 0.115 e. The van der Waals surface area contributed by atoms with E-state index in [0.717, 1.165) is 23.0 Å². The zero-order chi connectivity index (χ0) is 13.3. The van der Waals surface area contributed by atoms with Gasteiger partial charge in [-0.1, -0.05) is 19.3 Å². The molecule has 1 unspecified atom stereocenters. The molecule has 18 heavy (non-hydrogen) atoms. The highest BCUT2D eigenvalue weighted by atomic mass is 79.9. The Bertz CT molecular complexity index is 391. The van der Waals surface area contributed by atoms with Crippen molar-refractivity contribution in [1.29, 1.82) is 0 Å². The summed E-state index contributed by atoms with van der Waals surface area (Å²) in [6, 6.07) is 0. The summed E-state index contributed by atoms with van der Waals surface area (Å²) in [6.07, 6.45) is 6.97. The maximum atomic E-state index is 10.9. The first kappa shape index (κ1) is 14.0. The van der Waals surface area contributed by atoms with E-state index in [9.17, 15) is 5.11 Å². The van der Waals surface area contributed by atoms with Crippen LogP contribution in [0.3, 0.4) is 0 Å². The summed E-state index contributed by atoms with van der Waals surface area (Å²) in [6.45, 7) is 0. The molecule has 0 bridgehead atoms. The van der Waals surface area contributed by atoms with Crippen LogP contribution in [0.15, 0.2) is 10.7 Å². The molecule has 2 rings (SSSR count). The van der Waals surface area contributed by atoms with Gasteiger partial charge in [0, 0.05) is 7.05 Å². The van der Waals surface area contributed by atoms with Gasteiger partial charge in [0.1, 0.15) is 6.10 Å². The molecule has 0 aliphatic heterocycles. The van der Waals surface area contributed by atoms with Gasteiger partial charge in [-0.3, -0.25) is 4.68 Å². The minimum absolute atomic E-state index is 0.158. The van der Waals surface area contributed by atoms with Crippen LogP contribution in [0.4, 0.5) is 0 Å². The highest BCUT2D eigenvalue weighted by molar-refractivity contribution is 9.10. The fraction of sp³-hybridized carbons (Fsp3) is 0.769. The first-order valence-corrected chi connectivity index (χ1v) is 7.31. The normalized spacial score (nSPS) is 21.2. The summed E-state index contributed by atoms with van der Waals surface area (Å²) in [5, 5.41) is 15.1. The number of hydrogen-bond donors (Lipinski definition) is 1. The Labute approximate surface area is 117 Å². The van der Waals surface area contributed by atoms with Crippen molar-refractivity contribution < 1.29 is 5.11 Å². The lowest BCUT2D eigenvalue weighted by molar-refractivity contribution is -0.0379. The van der Waals surface area contributed by atoms with Gasteiger partial charge in [-0.05, 0) is 42.9 Å². The van der Waals surface area contributed by atoms with Crippen molar-refractivity contribution >= 4 is 15.9 Å². The third-order valence-corrected chi connectivity index (χ3v) is 4.93. The third kappa shape index (κ3) is 2.24. The standard InChI is InChI=1S/C13H22BrN3O/c1-16(2)13(7-5-4-6-8-13)12(18)11-10(14)9-15-17(11)3/h9,12,18H,4-8H2,1-3H3. The molecular weight excluding hydrogens is 294 g/mol. The number of aliphatic hydroxyl groups excluding tert-OH is 1. The number of aliphatic hydroxyl groups is 1. The van der Waals surface area contributed by atoms with Crippen molar-refractivity contribution in [2.45, 2.75) is 43.7 Å². The zero-order valence-electron chi connectivity index (χ0n) is 11.4. The fourth-order valence-corrected chi connectivity index (χ4v) is 3.68. The number of nitrogens with zero attached hydrogens (tertiary/aromatic N) is 3. The van der Waals surface area contributed by atoms with Crippen LogP contribution >= 0.6 is 15.9 Å².